The molecule has 1 aromatic rings. The first-order chi connectivity index (χ1) is 10.3. The number of ketones is 1. The number of Topliss-reactive ketones (excluding diaryl/α,β-unsaturated/α-hetero) is 1. The Morgan fingerprint density at radius 3 is 2.95 bits per heavy atom. The zero-order chi connectivity index (χ0) is 14.3. The predicted molar refractivity (Wildman–Crippen MR) is 81.6 cm³/mol. The van der Waals surface area contributed by atoms with Crippen LogP contribution in [0.15, 0.2) is 24.3 Å². The normalized spacial score (nSPS) is 29.5. The molecule has 21 heavy (non-hydrogen) atoms. The molecule has 1 spiro atoms. The van der Waals surface area contributed by atoms with E-state index >= 15 is 0 Å². The van der Waals surface area contributed by atoms with Crippen molar-refractivity contribution in [3.8, 4) is 5.75 Å². The molecule has 0 aromatic heterocycles. The monoisotopic (exact) mass is 285 g/mol. The minimum absolute atomic E-state index is 0.342. The SMILES string of the molecule is O=C(CC1CCOc2ccccc21)C1CC12CCNCC2. The first-order valence-electron chi connectivity index (χ1n) is 8.24. The zero-order valence-electron chi connectivity index (χ0n) is 12.4. The molecule has 2 fully saturated rings. The van der Waals surface area contributed by atoms with E-state index in [9.17, 15) is 4.79 Å². The van der Waals surface area contributed by atoms with Crippen molar-refractivity contribution in [3.63, 3.8) is 0 Å². The van der Waals surface area contributed by atoms with Crippen LogP contribution < -0.4 is 10.1 Å². The van der Waals surface area contributed by atoms with Gasteiger partial charge in [0.2, 0.25) is 0 Å². The molecule has 2 atom stereocenters. The fourth-order valence-corrected chi connectivity index (χ4v) is 4.29. The summed E-state index contributed by atoms with van der Waals surface area (Å²) >= 11 is 0. The highest BCUT2D eigenvalue weighted by Crippen LogP contribution is 2.59. The standard InChI is InChI=1S/C18H23NO2/c20-16(15-12-18(15)6-8-19-9-7-18)11-13-5-10-21-17-4-2-1-3-14(13)17/h1-4,13,15,19H,5-12H2. The van der Waals surface area contributed by atoms with Crippen molar-refractivity contribution >= 4 is 5.78 Å². The molecule has 0 radical (unpaired) electrons. The van der Waals surface area contributed by atoms with Gasteiger partial charge in [0.15, 0.2) is 0 Å². The van der Waals surface area contributed by atoms with E-state index < -0.39 is 0 Å². The molecule has 4 rings (SSSR count). The highest BCUT2D eigenvalue weighted by atomic mass is 16.5. The molecular weight excluding hydrogens is 262 g/mol. The molecule has 1 N–H and O–H groups in total. The van der Waals surface area contributed by atoms with Crippen LogP contribution in [0.2, 0.25) is 0 Å². The van der Waals surface area contributed by atoms with Gasteiger partial charge in [0.1, 0.15) is 11.5 Å². The second kappa shape index (κ2) is 5.13. The van der Waals surface area contributed by atoms with Gasteiger partial charge in [0.25, 0.3) is 0 Å². The topological polar surface area (TPSA) is 38.3 Å². The maximum absolute atomic E-state index is 12.7. The summed E-state index contributed by atoms with van der Waals surface area (Å²) < 4.78 is 5.70. The minimum Gasteiger partial charge on any atom is -0.493 e. The molecule has 1 saturated carbocycles. The summed E-state index contributed by atoms with van der Waals surface area (Å²) in [5.74, 6) is 2.18. The molecule has 3 heteroatoms. The van der Waals surface area contributed by atoms with Gasteiger partial charge in [0, 0.05) is 12.3 Å². The number of para-hydroxylation sites is 1. The van der Waals surface area contributed by atoms with Crippen LogP contribution in [-0.2, 0) is 4.79 Å². The Balaban J connectivity index is 1.44. The maximum atomic E-state index is 12.7. The van der Waals surface area contributed by atoms with E-state index in [1.807, 2.05) is 12.1 Å². The molecule has 0 bridgehead atoms. The van der Waals surface area contributed by atoms with E-state index in [0.717, 1.165) is 38.3 Å². The van der Waals surface area contributed by atoms with Crippen molar-refractivity contribution in [2.45, 2.75) is 38.0 Å². The van der Waals surface area contributed by atoms with E-state index in [1.165, 1.54) is 18.4 Å². The average Bonchev–Trinajstić information content (AvgIpc) is 3.22. The molecule has 1 saturated heterocycles. The smallest absolute Gasteiger partial charge is 0.137 e. The van der Waals surface area contributed by atoms with E-state index in [4.69, 9.17) is 4.74 Å². The largest absolute Gasteiger partial charge is 0.493 e. The Kier molecular flexibility index (Phi) is 3.26. The fourth-order valence-electron chi connectivity index (χ4n) is 4.29. The van der Waals surface area contributed by atoms with Crippen LogP contribution in [0.4, 0.5) is 0 Å². The van der Waals surface area contributed by atoms with Crippen molar-refractivity contribution in [1.82, 2.24) is 5.32 Å². The first kappa shape index (κ1) is 13.3. The Labute approximate surface area is 126 Å². The van der Waals surface area contributed by atoms with Crippen molar-refractivity contribution in [3.05, 3.63) is 29.8 Å². The van der Waals surface area contributed by atoms with Crippen molar-refractivity contribution in [2.75, 3.05) is 19.7 Å². The van der Waals surface area contributed by atoms with Crippen LogP contribution in [0.25, 0.3) is 0 Å². The number of nitrogens with one attached hydrogen (secondary N) is 1. The summed E-state index contributed by atoms with van der Waals surface area (Å²) in [5.41, 5.74) is 1.60. The highest BCUT2D eigenvalue weighted by Gasteiger charge is 2.57. The highest BCUT2D eigenvalue weighted by molar-refractivity contribution is 5.85. The lowest BCUT2D eigenvalue weighted by molar-refractivity contribution is -0.121. The molecule has 2 unspecified atom stereocenters. The Hall–Kier alpha value is -1.35. The number of piperidine rings is 1. The quantitative estimate of drug-likeness (QED) is 0.928. The second-order valence-corrected chi connectivity index (χ2v) is 6.91. The lowest BCUT2D eigenvalue weighted by atomic mass is 9.85. The number of carbonyl (C=O) groups is 1. The van der Waals surface area contributed by atoms with Gasteiger partial charge in [-0.15, -0.1) is 0 Å². The number of carbonyl (C=O) groups excluding carboxylic acids is 1. The Morgan fingerprint density at radius 2 is 2.10 bits per heavy atom. The van der Waals surface area contributed by atoms with E-state index in [1.54, 1.807) is 0 Å². The molecular formula is C18H23NO2. The molecule has 2 aliphatic heterocycles. The number of rotatable bonds is 3. The molecule has 112 valence electrons. The Bertz CT molecular complexity index is 548. The van der Waals surface area contributed by atoms with Gasteiger partial charge < -0.3 is 10.1 Å². The fraction of sp³-hybridized carbons (Fsp3) is 0.611. The third-order valence-corrected chi connectivity index (χ3v) is 5.71. The maximum Gasteiger partial charge on any atom is 0.137 e. The average molecular weight is 285 g/mol. The van der Waals surface area contributed by atoms with Gasteiger partial charge in [-0.1, -0.05) is 18.2 Å². The molecule has 1 aromatic carbocycles. The van der Waals surface area contributed by atoms with Gasteiger partial charge in [-0.05, 0) is 61.7 Å². The number of hydrogen-bond acceptors (Lipinski definition) is 3. The third kappa shape index (κ3) is 2.38. The van der Waals surface area contributed by atoms with Gasteiger partial charge in [-0.3, -0.25) is 4.79 Å². The molecule has 3 aliphatic rings. The lowest BCUT2D eigenvalue weighted by Gasteiger charge is -2.26. The number of fused-ring (bicyclic) bond motifs is 1. The summed E-state index contributed by atoms with van der Waals surface area (Å²) in [6, 6.07) is 8.21. The summed E-state index contributed by atoms with van der Waals surface area (Å²) in [6.07, 6.45) is 5.20. The van der Waals surface area contributed by atoms with Crippen molar-refractivity contribution in [1.29, 1.82) is 0 Å². The van der Waals surface area contributed by atoms with Crippen LogP contribution in [0.1, 0.15) is 43.6 Å². The van der Waals surface area contributed by atoms with E-state index in [-0.39, 0.29) is 0 Å². The summed E-state index contributed by atoms with van der Waals surface area (Å²) in [4.78, 5) is 12.7. The predicted octanol–water partition coefficient (Wildman–Crippen LogP) is 2.90. The van der Waals surface area contributed by atoms with Gasteiger partial charge >= 0.3 is 0 Å². The summed E-state index contributed by atoms with van der Waals surface area (Å²) in [7, 11) is 0. The number of hydrogen-bond donors (Lipinski definition) is 1. The van der Waals surface area contributed by atoms with Crippen LogP contribution in [0.3, 0.4) is 0 Å². The second-order valence-electron chi connectivity index (χ2n) is 6.91. The lowest BCUT2D eigenvalue weighted by Crippen LogP contribution is -2.31. The summed E-state index contributed by atoms with van der Waals surface area (Å²) in [5, 5.41) is 3.41. The molecule has 3 nitrogen and oxygen atoms in total. The third-order valence-electron chi connectivity index (χ3n) is 5.71. The van der Waals surface area contributed by atoms with Gasteiger partial charge in [-0.2, -0.15) is 0 Å². The van der Waals surface area contributed by atoms with Crippen molar-refractivity contribution < 1.29 is 9.53 Å². The van der Waals surface area contributed by atoms with E-state index in [0.29, 0.717) is 29.5 Å². The van der Waals surface area contributed by atoms with Crippen molar-refractivity contribution in [2.24, 2.45) is 11.3 Å². The summed E-state index contributed by atoms with van der Waals surface area (Å²) in [6.45, 7) is 2.92. The molecule has 1 aliphatic carbocycles. The van der Waals surface area contributed by atoms with Crippen LogP contribution in [-0.4, -0.2) is 25.5 Å². The zero-order valence-corrected chi connectivity index (χ0v) is 12.4. The van der Waals surface area contributed by atoms with E-state index in [2.05, 4.69) is 17.4 Å². The molecule has 0 amide bonds. The number of ether oxygens (including phenoxy) is 1. The minimum atomic E-state index is 0.342. The van der Waals surface area contributed by atoms with Crippen LogP contribution >= 0.6 is 0 Å². The molecule has 2 heterocycles. The van der Waals surface area contributed by atoms with Gasteiger partial charge in [-0.25, -0.2) is 0 Å². The number of benzene rings is 1. The van der Waals surface area contributed by atoms with Gasteiger partial charge in [0.05, 0.1) is 6.61 Å². The first-order valence-corrected chi connectivity index (χ1v) is 8.24. The Morgan fingerprint density at radius 1 is 1.29 bits per heavy atom. The van der Waals surface area contributed by atoms with Crippen LogP contribution in [0.5, 0.6) is 5.75 Å². The van der Waals surface area contributed by atoms with Crippen LogP contribution in [0, 0.1) is 11.3 Å².